The number of carbonyl (C=O) groups is 3. The lowest BCUT2D eigenvalue weighted by atomic mass is 9.98. The molecule has 2 unspecified atom stereocenters. The number of aliphatic carboxylic acids is 1. The number of fused-ring (bicyclic) bond motifs is 3. The molecule has 33 heavy (non-hydrogen) atoms. The molecule has 0 spiro atoms. The van der Waals surface area contributed by atoms with E-state index < -0.39 is 18.2 Å². The van der Waals surface area contributed by atoms with Crippen molar-refractivity contribution in [2.45, 2.75) is 25.4 Å². The second-order valence-electron chi connectivity index (χ2n) is 8.29. The Morgan fingerprint density at radius 2 is 1.73 bits per heavy atom. The van der Waals surface area contributed by atoms with Crippen LogP contribution in [0.3, 0.4) is 0 Å². The Balaban J connectivity index is 1.33. The summed E-state index contributed by atoms with van der Waals surface area (Å²) in [5, 5.41) is 11.8. The zero-order valence-corrected chi connectivity index (χ0v) is 18.5. The van der Waals surface area contributed by atoms with Crippen molar-refractivity contribution in [2.24, 2.45) is 5.92 Å². The number of likely N-dealkylation sites (N-methyl/N-ethyl adjacent to an activating group) is 1. The Labute approximate surface area is 192 Å². The van der Waals surface area contributed by atoms with Gasteiger partial charge >= 0.3 is 12.1 Å². The fourth-order valence-electron chi connectivity index (χ4n) is 4.67. The van der Waals surface area contributed by atoms with Gasteiger partial charge in [0.2, 0.25) is 0 Å². The summed E-state index contributed by atoms with van der Waals surface area (Å²) in [6, 6.07) is 16.3. The summed E-state index contributed by atoms with van der Waals surface area (Å²) in [7, 11) is 0. The molecule has 2 amide bonds. The largest absolute Gasteiger partial charge is 0.480 e. The molecule has 4 rings (SSSR count). The first kappa shape index (κ1) is 22.8. The Hall–Kier alpha value is -3.39. The van der Waals surface area contributed by atoms with Crippen LogP contribution >= 0.6 is 0 Å². The lowest BCUT2D eigenvalue weighted by Gasteiger charge is -2.25. The molecule has 2 aromatic rings. The minimum absolute atomic E-state index is 0.0265. The number of benzene rings is 2. The van der Waals surface area contributed by atoms with Gasteiger partial charge in [0, 0.05) is 31.5 Å². The third kappa shape index (κ3) is 4.85. The average Bonchev–Trinajstić information content (AvgIpc) is 3.42. The molecule has 2 aliphatic rings. The van der Waals surface area contributed by atoms with Gasteiger partial charge in [-0.25, -0.2) is 4.79 Å². The SMILES string of the molecule is CCN(CC(=O)O)C(=O)C1OCCC1CNC(=O)OCC1c2ccccc2-c2ccccc21. The number of carboxylic acids is 1. The van der Waals surface area contributed by atoms with Crippen LogP contribution in [0, 0.1) is 5.92 Å². The highest BCUT2D eigenvalue weighted by Gasteiger charge is 2.37. The van der Waals surface area contributed by atoms with E-state index in [1.54, 1.807) is 6.92 Å². The smallest absolute Gasteiger partial charge is 0.407 e. The summed E-state index contributed by atoms with van der Waals surface area (Å²) >= 11 is 0. The predicted octanol–water partition coefficient (Wildman–Crippen LogP) is 2.86. The molecule has 1 fully saturated rings. The highest BCUT2D eigenvalue weighted by Crippen LogP contribution is 2.44. The van der Waals surface area contributed by atoms with Crippen molar-refractivity contribution in [3.05, 3.63) is 59.7 Å². The number of nitrogens with zero attached hydrogens (tertiary/aromatic N) is 1. The first-order valence-corrected chi connectivity index (χ1v) is 11.2. The summed E-state index contributed by atoms with van der Waals surface area (Å²) in [4.78, 5) is 37.4. The standard InChI is InChI=1S/C25H28N2O6/c1-2-27(14-22(28)29)24(30)23-16(11-12-32-23)13-26-25(31)33-15-21-19-9-5-3-7-17(19)18-8-4-6-10-20(18)21/h3-10,16,21,23H,2,11-15H2,1H3,(H,26,31)(H,28,29). The first-order chi connectivity index (χ1) is 16.0. The molecular formula is C25H28N2O6. The second-order valence-corrected chi connectivity index (χ2v) is 8.29. The van der Waals surface area contributed by atoms with Crippen LogP contribution in [0.15, 0.2) is 48.5 Å². The van der Waals surface area contributed by atoms with Crippen molar-refractivity contribution in [1.82, 2.24) is 10.2 Å². The van der Waals surface area contributed by atoms with Crippen molar-refractivity contribution >= 4 is 18.0 Å². The van der Waals surface area contributed by atoms with Crippen molar-refractivity contribution in [2.75, 3.05) is 32.8 Å². The molecule has 0 aromatic heterocycles. The van der Waals surface area contributed by atoms with E-state index in [1.807, 2.05) is 24.3 Å². The molecule has 1 saturated heterocycles. The highest BCUT2D eigenvalue weighted by molar-refractivity contribution is 5.85. The third-order valence-corrected chi connectivity index (χ3v) is 6.33. The summed E-state index contributed by atoms with van der Waals surface area (Å²) in [6.45, 7) is 2.44. The van der Waals surface area contributed by atoms with Gasteiger partial charge in [0.15, 0.2) is 0 Å². The summed E-state index contributed by atoms with van der Waals surface area (Å²) in [6.07, 6.45) is -0.712. The van der Waals surface area contributed by atoms with Gasteiger partial charge in [-0.05, 0) is 35.6 Å². The monoisotopic (exact) mass is 452 g/mol. The van der Waals surface area contributed by atoms with Crippen LogP contribution in [0.5, 0.6) is 0 Å². The molecule has 8 nitrogen and oxygen atoms in total. The van der Waals surface area contributed by atoms with E-state index >= 15 is 0 Å². The minimum Gasteiger partial charge on any atom is -0.480 e. The van der Waals surface area contributed by atoms with E-state index in [-0.39, 0.29) is 44.0 Å². The zero-order valence-electron chi connectivity index (χ0n) is 18.5. The van der Waals surface area contributed by atoms with Gasteiger partial charge in [0.05, 0.1) is 0 Å². The van der Waals surface area contributed by atoms with Crippen LogP contribution in [0.25, 0.3) is 11.1 Å². The molecule has 2 aromatic carbocycles. The van der Waals surface area contributed by atoms with Crippen LogP contribution in [0.2, 0.25) is 0 Å². The second kappa shape index (κ2) is 10.0. The quantitative estimate of drug-likeness (QED) is 0.638. The van der Waals surface area contributed by atoms with Gasteiger partial charge in [-0.15, -0.1) is 0 Å². The highest BCUT2D eigenvalue weighted by atomic mass is 16.5. The molecule has 8 heteroatoms. The minimum atomic E-state index is -1.07. The first-order valence-electron chi connectivity index (χ1n) is 11.2. The van der Waals surface area contributed by atoms with Crippen molar-refractivity contribution in [3.63, 3.8) is 0 Å². The van der Waals surface area contributed by atoms with Crippen LogP contribution < -0.4 is 5.32 Å². The molecule has 174 valence electrons. The number of alkyl carbamates (subject to hydrolysis) is 1. The Morgan fingerprint density at radius 1 is 1.09 bits per heavy atom. The Bertz CT molecular complexity index is 994. The fraction of sp³-hybridized carbons (Fsp3) is 0.400. The van der Waals surface area contributed by atoms with Gasteiger partial charge in [-0.3, -0.25) is 9.59 Å². The third-order valence-electron chi connectivity index (χ3n) is 6.33. The Morgan fingerprint density at radius 3 is 2.33 bits per heavy atom. The molecule has 2 N–H and O–H groups in total. The summed E-state index contributed by atoms with van der Waals surface area (Å²) in [5.41, 5.74) is 4.60. The molecule has 0 bridgehead atoms. The van der Waals surface area contributed by atoms with Crippen molar-refractivity contribution < 1.29 is 29.0 Å². The van der Waals surface area contributed by atoms with E-state index in [4.69, 9.17) is 14.6 Å². The van der Waals surface area contributed by atoms with Gasteiger partial charge < -0.3 is 24.8 Å². The maximum Gasteiger partial charge on any atom is 0.407 e. The average molecular weight is 453 g/mol. The van der Waals surface area contributed by atoms with E-state index in [1.165, 1.54) is 4.90 Å². The number of carbonyl (C=O) groups excluding carboxylic acids is 2. The van der Waals surface area contributed by atoms with Crippen molar-refractivity contribution in [1.29, 1.82) is 0 Å². The molecule has 1 aliphatic heterocycles. The zero-order chi connectivity index (χ0) is 23.4. The number of nitrogens with one attached hydrogen (secondary N) is 1. The van der Waals surface area contributed by atoms with E-state index in [0.717, 1.165) is 22.3 Å². The van der Waals surface area contributed by atoms with Crippen LogP contribution in [-0.4, -0.2) is 66.9 Å². The summed E-state index contributed by atoms with van der Waals surface area (Å²) in [5.74, 6) is -1.70. The maximum absolute atomic E-state index is 12.7. The normalized spacial score (nSPS) is 18.9. The van der Waals surface area contributed by atoms with Gasteiger partial charge in [0.1, 0.15) is 19.3 Å². The maximum atomic E-state index is 12.7. The van der Waals surface area contributed by atoms with E-state index in [9.17, 15) is 14.4 Å². The molecule has 0 radical (unpaired) electrons. The van der Waals surface area contributed by atoms with E-state index in [0.29, 0.717) is 13.0 Å². The number of rotatable bonds is 8. The van der Waals surface area contributed by atoms with Gasteiger partial charge in [-0.2, -0.15) is 0 Å². The molecule has 0 saturated carbocycles. The topological polar surface area (TPSA) is 105 Å². The van der Waals surface area contributed by atoms with Crippen LogP contribution in [-0.2, 0) is 19.1 Å². The summed E-state index contributed by atoms with van der Waals surface area (Å²) < 4.78 is 11.1. The number of hydrogen-bond donors (Lipinski definition) is 2. The molecular weight excluding hydrogens is 424 g/mol. The lowest BCUT2D eigenvalue weighted by Crippen LogP contribution is -2.46. The molecule has 2 atom stereocenters. The van der Waals surface area contributed by atoms with Crippen LogP contribution in [0.4, 0.5) is 4.79 Å². The van der Waals surface area contributed by atoms with E-state index in [2.05, 4.69) is 29.6 Å². The van der Waals surface area contributed by atoms with Gasteiger partial charge in [0.25, 0.3) is 5.91 Å². The number of carboxylic acid groups (broad SMARTS) is 1. The number of amides is 2. The molecule has 1 heterocycles. The van der Waals surface area contributed by atoms with Crippen LogP contribution in [0.1, 0.15) is 30.4 Å². The predicted molar refractivity (Wildman–Crippen MR) is 121 cm³/mol. The molecule has 1 aliphatic carbocycles. The number of ether oxygens (including phenoxy) is 2. The Kier molecular flexibility index (Phi) is 6.93. The fourth-order valence-corrected chi connectivity index (χ4v) is 4.67. The number of hydrogen-bond acceptors (Lipinski definition) is 5. The lowest BCUT2D eigenvalue weighted by molar-refractivity contribution is -0.150. The van der Waals surface area contributed by atoms with Gasteiger partial charge in [-0.1, -0.05) is 48.5 Å². The van der Waals surface area contributed by atoms with Crippen molar-refractivity contribution in [3.8, 4) is 11.1 Å².